The van der Waals surface area contributed by atoms with Crippen LogP contribution in [0.15, 0.2) is 37.2 Å². The second kappa shape index (κ2) is 11.3. The summed E-state index contributed by atoms with van der Waals surface area (Å²) in [6.07, 6.45) is 2.96. The first-order valence-corrected chi connectivity index (χ1v) is 10.7. The zero-order valence-corrected chi connectivity index (χ0v) is 19.7. The maximum absolute atomic E-state index is 10.5. The maximum Gasteiger partial charge on any atom is 0.116 e. The summed E-state index contributed by atoms with van der Waals surface area (Å²) in [5, 5.41) is 30.2. The van der Waals surface area contributed by atoms with Gasteiger partial charge in [0.15, 0.2) is 0 Å². The lowest BCUT2D eigenvalue weighted by molar-refractivity contribution is -0.0635. The van der Waals surface area contributed by atoms with E-state index in [4.69, 9.17) is 4.74 Å². The summed E-state index contributed by atoms with van der Waals surface area (Å²) in [6.45, 7) is 11.4. The van der Waals surface area contributed by atoms with E-state index in [1.807, 2.05) is 64.1 Å². The van der Waals surface area contributed by atoms with Crippen molar-refractivity contribution in [1.82, 2.24) is 9.97 Å². The fourth-order valence-electron chi connectivity index (χ4n) is 3.65. The van der Waals surface area contributed by atoms with Gasteiger partial charge in [-0.3, -0.25) is 0 Å². The molecule has 1 aliphatic heterocycles. The van der Waals surface area contributed by atoms with Gasteiger partial charge in [-0.05, 0) is 44.9 Å². The molecule has 174 valence electrons. The highest BCUT2D eigenvalue weighted by Gasteiger charge is 2.44. The number of hydrogen-bond acceptors (Lipinski definition) is 7. The van der Waals surface area contributed by atoms with Gasteiger partial charge in [-0.25, -0.2) is 9.97 Å². The quantitative estimate of drug-likeness (QED) is 0.656. The van der Waals surface area contributed by atoms with E-state index < -0.39 is 30.5 Å². The topological polar surface area (TPSA) is 98.9 Å². The number of nitrogens with zero attached hydrogens (tertiary/aromatic N) is 3. The number of allylic oxidation sites excluding steroid dienone is 1. The van der Waals surface area contributed by atoms with Crippen molar-refractivity contribution >= 4 is 17.8 Å². The second-order valence-electron chi connectivity index (χ2n) is 8.11. The molecule has 3 N–H and O–H groups in total. The number of benzene rings is 1. The van der Waals surface area contributed by atoms with Crippen molar-refractivity contribution in [1.29, 1.82) is 0 Å². The molecule has 3 rings (SSSR count). The molecule has 5 atom stereocenters. The number of ether oxygens (including phenoxy) is 1. The number of aliphatic hydroxyl groups is 3. The summed E-state index contributed by atoms with van der Waals surface area (Å²) in [6, 6.07) is 5.48. The van der Waals surface area contributed by atoms with Crippen molar-refractivity contribution in [2.45, 2.75) is 58.2 Å². The summed E-state index contributed by atoms with van der Waals surface area (Å²) in [5.41, 5.74) is 5.72. The Morgan fingerprint density at radius 3 is 2.22 bits per heavy atom. The van der Waals surface area contributed by atoms with E-state index in [0.29, 0.717) is 5.56 Å². The first-order chi connectivity index (χ1) is 15.1. The van der Waals surface area contributed by atoms with Gasteiger partial charge in [0.05, 0.1) is 6.10 Å². The molecule has 1 saturated heterocycles. The van der Waals surface area contributed by atoms with Crippen LogP contribution >= 0.6 is 0 Å². The standard InChI is InChI=1S/C16H23NO4.C9H12N2/c1-5-10-6-7-11(8-12(10)17(3)4)14(19)16-15(20)13(18)9(2)21-16;1-4-5-9-7(2)10-6-11-8(9)3/h5-9,13-16,18-20H,1H2,2-4H3;4-6H,1-3H3/b;5-4-/t9-,13-,14+,15-,16+;/m0./s1. The Morgan fingerprint density at radius 2 is 1.75 bits per heavy atom. The summed E-state index contributed by atoms with van der Waals surface area (Å²) >= 11 is 0. The molecule has 0 saturated carbocycles. The minimum atomic E-state index is -1.10. The first kappa shape index (κ1) is 25.7. The molecule has 1 aliphatic rings. The van der Waals surface area contributed by atoms with E-state index >= 15 is 0 Å². The van der Waals surface area contributed by atoms with Crippen molar-refractivity contribution in [3.8, 4) is 0 Å². The molecule has 0 spiro atoms. The van der Waals surface area contributed by atoms with Crippen LogP contribution in [0, 0.1) is 13.8 Å². The van der Waals surface area contributed by atoms with Gasteiger partial charge < -0.3 is 25.0 Å². The van der Waals surface area contributed by atoms with Crippen LogP contribution in [0.4, 0.5) is 5.69 Å². The van der Waals surface area contributed by atoms with Crippen LogP contribution in [-0.4, -0.2) is 63.8 Å². The van der Waals surface area contributed by atoms with Crippen molar-refractivity contribution in [2.24, 2.45) is 0 Å². The predicted molar refractivity (Wildman–Crippen MR) is 128 cm³/mol. The van der Waals surface area contributed by atoms with Gasteiger partial charge in [0.1, 0.15) is 30.7 Å². The van der Waals surface area contributed by atoms with Gasteiger partial charge in [-0.1, -0.05) is 36.9 Å². The van der Waals surface area contributed by atoms with Gasteiger partial charge in [-0.2, -0.15) is 0 Å². The minimum Gasteiger partial charge on any atom is -0.388 e. The minimum absolute atomic E-state index is 0.500. The van der Waals surface area contributed by atoms with Gasteiger partial charge >= 0.3 is 0 Å². The predicted octanol–water partition coefficient (Wildman–Crippen LogP) is 3.06. The van der Waals surface area contributed by atoms with Crippen LogP contribution in [0.25, 0.3) is 12.2 Å². The number of anilines is 1. The number of rotatable bonds is 5. The van der Waals surface area contributed by atoms with Gasteiger partial charge in [0.2, 0.25) is 0 Å². The molecule has 2 heterocycles. The van der Waals surface area contributed by atoms with Crippen molar-refractivity contribution in [3.63, 3.8) is 0 Å². The molecule has 1 aromatic carbocycles. The third-order valence-corrected chi connectivity index (χ3v) is 5.56. The van der Waals surface area contributed by atoms with Crippen molar-refractivity contribution < 1.29 is 20.1 Å². The zero-order chi connectivity index (χ0) is 24.0. The van der Waals surface area contributed by atoms with Crippen LogP contribution in [0.2, 0.25) is 0 Å². The monoisotopic (exact) mass is 441 g/mol. The Hall–Kier alpha value is -2.58. The van der Waals surface area contributed by atoms with Crippen LogP contribution < -0.4 is 4.90 Å². The lowest BCUT2D eigenvalue weighted by Gasteiger charge is -2.24. The lowest BCUT2D eigenvalue weighted by atomic mass is 9.97. The van der Waals surface area contributed by atoms with E-state index in [9.17, 15) is 15.3 Å². The summed E-state index contributed by atoms with van der Waals surface area (Å²) in [4.78, 5) is 10.1. The molecule has 1 aromatic heterocycles. The van der Waals surface area contributed by atoms with Gasteiger partial charge in [0, 0.05) is 36.7 Å². The molecule has 32 heavy (non-hydrogen) atoms. The van der Waals surface area contributed by atoms with Crippen LogP contribution in [-0.2, 0) is 4.74 Å². The summed E-state index contributed by atoms with van der Waals surface area (Å²) in [7, 11) is 3.82. The van der Waals surface area contributed by atoms with Gasteiger partial charge in [0.25, 0.3) is 0 Å². The highest BCUT2D eigenvalue weighted by Crippen LogP contribution is 2.33. The highest BCUT2D eigenvalue weighted by molar-refractivity contribution is 5.67. The molecule has 7 heteroatoms. The molecule has 0 radical (unpaired) electrons. The molecule has 0 unspecified atom stereocenters. The largest absolute Gasteiger partial charge is 0.388 e. The first-order valence-electron chi connectivity index (χ1n) is 10.7. The van der Waals surface area contributed by atoms with E-state index in [-0.39, 0.29) is 0 Å². The molecule has 0 bridgehead atoms. The SMILES string of the molecule is C/C=C\c1c(C)ncnc1C.C=Cc1ccc([C@@H](O)[C@H]2O[C@@H](C)[C@H](O)[C@@H]2O)cc1N(C)C. The molecule has 0 aliphatic carbocycles. The smallest absolute Gasteiger partial charge is 0.116 e. The third kappa shape index (κ3) is 5.81. The fourth-order valence-corrected chi connectivity index (χ4v) is 3.65. The number of aromatic nitrogens is 2. The molecule has 1 fully saturated rings. The normalized spacial score (nSPS) is 23.5. The van der Waals surface area contributed by atoms with E-state index in [2.05, 4.69) is 16.5 Å². The Labute approximate surface area is 190 Å². The Bertz CT molecular complexity index is 925. The maximum atomic E-state index is 10.5. The van der Waals surface area contributed by atoms with Crippen LogP contribution in [0.5, 0.6) is 0 Å². The molecular formula is C25H35N3O4. The Kier molecular flexibility index (Phi) is 9.09. The highest BCUT2D eigenvalue weighted by atomic mass is 16.6. The Balaban J connectivity index is 0.000000278. The van der Waals surface area contributed by atoms with Crippen molar-refractivity contribution in [2.75, 3.05) is 19.0 Å². The second-order valence-corrected chi connectivity index (χ2v) is 8.11. The molecule has 7 nitrogen and oxygen atoms in total. The average Bonchev–Trinajstić information content (AvgIpc) is 3.03. The molecule has 2 aromatic rings. The van der Waals surface area contributed by atoms with Gasteiger partial charge in [-0.15, -0.1) is 0 Å². The average molecular weight is 442 g/mol. The molecule has 0 amide bonds. The van der Waals surface area contributed by atoms with Crippen molar-refractivity contribution in [3.05, 3.63) is 65.3 Å². The number of aryl methyl sites for hydroxylation is 2. The fraction of sp³-hybridized carbons (Fsp3) is 0.440. The number of hydrogen-bond donors (Lipinski definition) is 3. The zero-order valence-electron chi connectivity index (χ0n) is 19.7. The van der Waals surface area contributed by atoms with Crippen LogP contribution in [0.3, 0.4) is 0 Å². The Morgan fingerprint density at radius 1 is 1.12 bits per heavy atom. The number of aliphatic hydroxyl groups excluding tert-OH is 3. The van der Waals surface area contributed by atoms with E-state index in [1.54, 1.807) is 25.4 Å². The third-order valence-electron chi connectivity index (χ3n) is 5.56. The molecular weight excluding hydrogens is 406 g/mol. The van der Waals surface area contributed by atoms with E-state index in [1.165, 1.54) is 0 Å². The lowest BCUT2D eigenvalue weighted by Crippen LogP contribution is -2.35. The summed E-state index contributed by atoms with van der Waals surface area (Å²) < 4.78 is 5.48. The van der Waals surface area contributed by atoms with E-state index in [0.717, 1.165) is 28.2 Å². The van der Waals surface area contributed by atoms with Crippen LogP contribution in [0.1, 0.15) is 48.0 Å². The summed E-state index contributed by atoms with van der Waals surface area (Å²) in [5.74, 6) is 0.